The Kier molecular flexibility index (Phi) is 4.58. The minimum atomic E-state index is 0.156. The first-order valence-electron chi connectivity index (χ1n) is 8.93. The van der Waals surface area contributed by atoms with Crippen LogP contribution in [0.15, 0.2) is 52.6 Å². The number of nitrogens with zero attached hydrogens (tertiary/aromatic N) is 4. The number of benzene rings is 1. The van der Waals surface area contributed by atoms with E-state index in [1.807, 2.05) is 62.5 Å². The topological polar surface area (TPSA) is 91.4 Å². The van der Waals surface area contributed by atoms with Crippen LogP contribution in [0.1, 0.15) is 35.0 Å². The molecule has 0 aliphatic heterocycles. The highest BCUT2D eigenvalue weighted by Gasteiger charge is 2.29. The molecule has 0 saturated carbocycles. The summed E-state index contributed by atoms with van der Waals surface area (Å²) in [5.74, 6) is 0.156. The molecule has 0 bridgehead atoms. The highest BCUT2D eigenvalue weighted by Crippen LogP contribution is 2.44. The van der Waals surface area contributed by atoms with Crippen LogP contribution in [0.25, 0.3) is 22.9 Å². The van der Waals surface area contributed by atoms with E-state index in [2.05, 4.69) is 37.6 Å². The zero-order valence-electron chi connectivity index (χ0n) is 15.9. The summed E-state index contributed by atoms with van der Waals surface area (Å²) in [6.07, 6.45) is 4.02. The molecule has 0 saturated heterocycles. The molecule has 29 heavy (non-hydrogen) atoms. The van der Waals surface area contributed by atoms with E-state index in [-0.39, 0.29) is 5.82 Å². The molecule has 1 aromatic carbocycles. The summed E-state index contributed by atoms with van der Waals surface area (Å²) < 4.78 is 3.08. The standard InChI is InChI=1S/C23H16BrN5/c1-13-18(10-17-4-3-9-29(17)16-7-5-15(24)6-8-16)21-14(2)20(12-26)23(27)28-22(21)19(13)11-25/h3-10H,1-2H3,(H2,27,28)/b18-10-. The van der Waals surface area contributed by atoms with Crippen molar-refractivity contribution in [3.8, 4) is 17.8 Å². The maximum Gasteiger partial charge on any atom is 0.142 e. The molecule has 140 valence electrons. The average Bonchev–Trinajstić information content (AvgIpc) is 3.26. The second-order valence-electron chi connectivity index (χ2n) is 6.78. The number of nitrogen functional groups attached to an aromatic ring is 1. The molecule has 0 atom stereocenters. The average molecular weight is 442 g/mol. The number of halogens is 1. The summed E-state index contributed by atoms with van der Waals surface area (Å²) in [4.78, 5) is 4.38. The van der Waals surface area contributed by atoms with Crippen molar-refractivity contribution in [2.24, 2.45) is 0 Å². The van der Waals surface area contributed by atoms with Crippen LogP contribution in [-0.2, 0) is 0 Å². The van der Waals surface area contributed by atoms with Gasteiger partial charge in [0, 0.05) is 27.6 Å². The summed E-state index contributed by atoms with van der Waals surface area (Å²) in [7, 11) is 0. The van der Waals surface area contributed by atoms with Gasteiger partial charge in [-0.1, -0.05) is 15.9 Å². The third-order valence-corrected chi connectivity index (χ3v) is 5.69. The third kappa shape index (κ3) is 2.95. The van der Waals surface area contributed by atoms with E-state index in [0.29, 0.717) is 16.8 Å². The summed E-state index contributed by atoms with van der Waals surface area (Å²) in [5.41, 5.74) is 12.6. The molecule has 1 aliphatic rings. The molecule has 0 amide bonds. The van der Waals surface area contributed by atoms with Crippen molar-refractivity contribution in [3.05, 3.63) is 80.7 Å². The van der Waals surface area contributed by atoms with Gasteiger partial charge in [-0.25, -0.2) is 4.98 Å². The van der Waals surface area contributed by atoms with E-state index in [1.165, 1.54) is 0 Å². The predicted octanol–water partition coefficient (Wildman–Crippen LogP) is 5.25. The molecule has 3 aromatic rings. The second-order valence-corrected chi connectivity index (χ2v) is 7.70. The fourth-order valence-electron chi connectivity index (χ4n) is 3.69. The Hall–Kier alpha value is -3.61. The monoisotopic (exact) mass is 441 g/mol. The van der Waals surface area contributed by atoms with Crippen molar-refractivity contribution >= 4 is 39.0 Å². The molecule has 1 aliphatic carbocycles. The van der Waals surface area contributed by atoms with E-state index in [0.717, 1.165) is 38.1 Å². The van der Waals surface area contributed by atoms with Gasteiger partial charge >= 0.3 is 0 Å². The van der Waals surface area contributed by atoms with Crippen molar-refractivity contribution in [1.82, 2.24) is 9.55 Å². The van der Waals surface area contributed by atoms with Crippen LogP contribution in [0.5, 0.6) is 0 Å². The minimum Gasteiger partial charge on any atom is -0.383 e. The van der Waals surface area contributed by atoms with Crippen LogP contribution in [0.4, 0.5) is 5.82 Å². The van der Waals surface area contributed by atoms with Crippen LogP contribution in [0.3, 0.4) is 0 Å². The SMILES string of the molecule is CC1=C(C#N)c2nc(N)c(C#N)c(C)c2/C1=C\c1cccn1-c1ccc(Br)cc1. The van der Waals surface area contributed by atoms with E-state index >= 15 is 0 Å². The van der Waals surface area contributed by atoms with Crippen LogP contribution < -0.4 is 5.73 Å². The Balaban J connectivity index is 1.95. The zero-order chi connectivity index (χ0) is 20.7. The summed E-state index contributed by atoms with van der Waals surface area (Å²) in [5, 5.41) is 19.2. The van der Waals surface area contributed by atoms with Gasteiger partial charge in [0.15, 0.2) is 0 Å². The third-order valence-electron chi connectivity index (χ3n) is 5.16. The van der Waals surface area contributed by atoms with Gasteiger partial charge in [-0.15, -0.1) is 0 Å². The smallest absolute Gasteiger partial charge is 0.142 e. The molecule has 2 aromatic heterocycles. The molecule has 6 heteroatoms. The number of nitrogens with two attached hydrogens (primary N) is 1. The van der Waals surface area contributed by atoms with E-state index in [4.69, 9.17) is 5.73 Å². The van der Waals surface area contributed by atoms with Gasteiger partial charge in [0.05, 0.1) is 16.8 Å². The maximum atomic E-state index is 9.70. The second kappa shape index (κ2) is 7.09. The number of hydrogen-bond donors (Lipinski definition) is 1. The molecule has 4 rings (SSSR count). The van der Waals surface area contributed by atoms with E-state index < -0.39 is 0 Å². The quantitative estimate of drug-likeness (QED) is 0.587. The largest absolute Gasteiger partial charge is 0.383 e. The van der Waals surface area contributed by atoms with Gasteiger partial charge in [0.25, 0.3) is 0 Å². The Bertz CT molecular complexity index is 1290. The van der Waals surface area contributed by atoms with Gasteiger partial charge in [0.1, 0.15) is 18.0 Å². The first kappa shape index (κ1) is 18.7. The number of fused-ring (bicyclic) bond motifs is 1. The fourth-order valence-corrected chi connectivity index (χ4v) is 3.96. The van der Waals surface area contributed by atoms with Crippen LogP contribution >= 0.6 is 15.9 Å². The fraction of sp³-hybridized carbons (Fsp3) is 0.0870. The Morgan fingerprint density at radius 1 is 1.10 bits per heavy atom. The summed E-state index contributed by atoms with van der Waals surface area (Å²) >= 11 is 3.46. The number of rotatable bonds is 2. The van der Waals surface area contributed by atoms with Crippen LogP contribution in [0, 0.1) is 29.6 Å². The van der Waals surface area contributed by atoms with Crippen LogP contribution in [0.2, 0.25) is 0 Å². The van der Waals surface area contributed by atoms with Crippen molar-refractivity contribution in [1.29, 1.82) is 10.5 Å². The molecule has 0 radical (unpaired) electrons. The van der Waals surface area contributed by atoms with Crippen LogP contribution in [-0.4, -0.2) is 9.55 Å². The van der Waals surface area contributed by atoms with Gasteiger partial charge in [-0.05, 0) is 73.0 Å². The molecule has 2 N–H and O–H groups in total. The normalized spacial score (nSPS) is 14.0. The first-order valence-corrected chi connectivity index (χ1v) is 9.72. The lowest BCUT2D eigenvalue weighted by atomic mass is 9.96. The number of aromatic nitrogens is 2. The van der Waals surface area contributed by atoms with E-state index in [1.54, 1.807) is 0 Å². The Labute approximate surface area is 177 Å². The van der Waals surface area contributed by atoms with Crippen molar-refractivity contribution in [2.75, 3.05) is 5.73 Å². The molecule has 0 unspecified atom stereocenters. The molecule has 2 heterocycles. The van der Waals surface area contributed by atoms with Gasteiger partial charge < -0.3 is 10.3 Å². The zero-order valence-corrected chi connectivity index (χ0v) is 17.4. The summed E-state index contributed by atoms with van der Waals surface area (Å²) in [6, 6.07) is 16.4. The minimum absolute atomic E-state index is 0.156. The number of anilines is 1. The van der Waals surface area contributed by atoms with Gasteiger partial charge in [-0.3, -0.25) is 0 Å². The van der Waals surface area contributed by atoms with Crippen molar-refractivity contribution < 1.29 is 0 Å². The molecule has 0 fully saturated rings. The highest BCUT2D eigenvalue weighted by molar-refractivity contribution is 9.10. The van der Waals surface area contributed by atoms with Crippen molar-refractivity contribution in [3.63, 3.8) is 0 Å². The van der Waals surface area contributed by atoms with E-state index in [9.17, 15) is 10.5 Å². The Morgan fingerprint density at radius 3 is 2.48 bits per heavy atom. The molecular formula is C23H16BrN5. The molecule has 0 spiro atoms. The van der Waals surface area contributed by atoms with Gasteiger partial charge in [0.2, 0.25) is 0 Å². The lowest BCUT2D eigenvalue weighted by Gasteiger charge is -2.12. The lowest BCUT2D eigenvalue weighted by molar-refractivity contribution is 1.06. The number of allylic oxidation sites excluding steroid dienone is 3. The Morgan fingerprint density at radius 2 is 1.83 bits per heavy atom. The summed E-state index contributed by atoms with van der Waals surface area (Å²) in [6.45, 7) is 3.76. The number of nitriles is 2. The first-order chi connectivity index (χ1) is 14.0. The highest BCUT2D eigenvalue weighted by atomic mass is 79.9. The number of hydrogen-bond acceptors (Lipinski definition) is 4. The van der Waals surface area contributed by atoms with Crippen molar-refractivity contribution in [2.45, 2.75) is 13.8 Å². The maximum absolute atomic E-state index is 9.70. The molecular weight excluding hydrogens is 426 g/mol. The lowest BCUT2D eigenvalue weighted by Crippen LogP contribution is -2.04. The van der Waals surface area contributed by atoms with Gasteiger partial charge in [-0.2, -0.15) is 10.5 Å². The molecule has 5 nitrogen and oxygen atoms in total. The predicted molar refractivity (Wildman–Crippen MR) is 118 cm³/mol. The number of pyridine rings is 1.